The Bertz CT molecular complexity index is 743. The minimum atomic E-state index is -0.355. The van der Waals surface area contributed by atoms with Gasteiger partial charge in [-0.3, -0.25) is 9.59 Å². The van der Waals surface area contributed by atoms with E-state index in [2.05, 4.69) is 15.3 Å². The van der Waals surface area contributed by atoms with Gasteiger partial charge in [0.15, 0.2) is 0 Å². The molecule has 0 unspecified atom stereocenters. The van der Waals surface area contributed by atoms with Gasteiger partial charge in [0.1, 0.15) is 5.01 Å². The van der Waals surface area contributed by atoms with Crippen molar-refractivity contribution in [1.82, 2.24) is 15.3 Å². The summed E-state index contributed by atoms with van der Waals surface area (Å²) >= 11 is 1.58. The lowest BCUT2D eigenvalue weighted by Crippen LogP contribution is -2.50. The quantitative estimate of drug-likeness (QED) is 0.913. The van der Waals surface area contributed by atoms with Gasteiger partial charge in [-0.15, -0.1) is 11.3 Å². The van der Waals surface area contributed by atoms with Gasteiger partial charge in [-0.05, 0) is 39.2 Å². The van der Waals surface area contributed by atoms with Gasteiger partial charge >= 0.3 is 0 Å². The van der Waals surface area contributed by atoms with Gasteiger partial charge in [-0.25, -0.2) is 4.98 Å². The molecule has 21 heavy (non-hydrogen) atoms. The fraction of sp³-hybridized carbons (Fsp3) is 0.400. The molecule has 0 aromatic carbocycles. The standard InChI is InChI=1S/C15H17N3O2S/c1-9-6-11(7-12(19)16-9)13(20)18-15(4-3-5-15)14-17-10(2)8-21-14/h6-8H,3-5H2,1-2H3,(H,16,19)(H,18,20). The number of rotatable bonds is 3. The molecule has 1 amide bonds. The molecule has 110 valence electrons. The number of aryl methyl sites for hydroxylation is 2. The van der Waals surface area contributed by atoms with Gasteiger partial charge in [0.25, 0.3) is 5.91 Å². The number of thiazole rings is 1. The maximum Gasteiger partial charge on any atom is 0.252 e. The summed E-state index contributed by atoms with van der Waals surface area (Å²) in [5.41, 5.74) is 1.44. The Labute approximate surface area is 126 Å². The third-order valence-electron chi connectivity index (χ3n) is 3.83. The van der Waals surface area contributed by atoms with Crippen LogP contribution in [0.4, 0.5) is 0 Å². The van der Waals surface area contributed by atoms with E-state index >= 15 is 0 Å². The summed E-state index contributed by atoms with van der Waals surface area (Å²) in [4.78, 5) is 31.1. The number of carbonyl (C=O) groups excluding carboxylic acids is 1. The van der Waals surface area contributed by atoms with E-state index < -0.39 is 0 Å². The zero-order chi connectivity index (χ0) is 15.0. The van der Waals surface area contributed by atoms with E-state index in [1.165, 1.54) is 6.07 Å². The van der Waals surface area contributed by atoms with Crippen LogP contribution in [0.25, 0.3) is 0 Å². The van der Waals surface area contributed by atoms with Crippen LogP contribution in [-0.4, -0.2) is 15.9 Å². The van der Waals surface area contributed by atoms with Crippen LogP contribution in [0.2, 0.25) is 0 Å². The highest BCUT2D eigenvalue weighted by Crippen LogP contribution is 2.42. The number of nitrogens with one attached hydrogen (secondary N) is 2. The predicted molar refractivity (Wildman–Crippen MR) is 81.6 cm³/mol. The SMILES string of the molecule is Cc1csc(C2(NC(=O)c3cc(C)[nH]c(=O)c3)CCC2)n1. The molecule has 2 aromatic rings. The zero-order valence-corrected chi connectivity index (χ0v) is 12.8. The summed E-state index contributed by atoms with van der Waals surface area (Å²) in [5, 5.41) is 6.04. The fourth-order valence-electron chi connectivity index (χ4n) is 2.60. The van der Waals surface area contributed by atoms with Gasteiger partial charge in [0.05, 0.1) is 5.54 Å². The second kappa shape index (κ2) is 5.11. The third-order valence-corrected chi connectivity index (χ3v) is 4.99. The number of carbonyl (C=O) groups is 1. The van der Waals surface area contributed by atoms with Crippen molar-refractivity contribution >= 4 is 17.2 Å². The topological polar surface area (TPSA) is 74.8 Å². The van der Waals surface area contributed by atoms with Crippen molar-refractivity contribution < 1.29 is 4.79 Å². The van der Waals surface area contributed by atoms with Crippen LogP contribution in [-0.2, 0) is 5.54 Å². The molecule has 5 nitrogen and oxygen atoms in total. The average Bonchev–Trinajstić information content (AvgIpc) is 2.79. The van der Waals surface area contributed by atoms with Crippen LogP contribution in [0, 0.1) is 13.8 Å². The van der Waals surface area contributed by atoms with Crippen LogP contribution >= 0.6 is 11.3 Å². The lowest BCUT2D eigenvalue weighted by atomic mass is 9.77. The zero-order valence-electron chi connectivity index (χ0n) is 12.0. The molecule has 0 radical (unpaired) electrons. The van der Waals surface area contributed by atoms with Crippen LogP contribution in [0.5, 0.6) is 0 Å². The molecule has 6 heteroatoms. The fourth-order valence-corrected chi connectivity index (χ4v) is 3.61. The number of H-pyrrole nitrogens is 1. The van der Waals surface area contributed by atoms with Crippen LogP contribution in [0.15, 0.2) is 22.3 Å². The second-order valence-corrected chi connectivity index (χ2v) is 6.46. The second-order valence-electron chi connectivity index (χ2n) is 5.60. The third kappa shape index (κ3) is 2.63. The molecule has 1 fully saturated rings. The number of hydrogen-bond donors (Lipinski definition) is 2. The highest BCUT2D eigenvalue weighted by Gasteiger charge is 2.42. The van der Waals surface area contributed by atoms with E-state index in [-0.39, 0.29) is 17.0 Å². The number of hydrogen-bond acceptors (Lipinski definition) is 4. The molecular formula is C15H17N3O2S. The monoisotopic (exact) mass is 303 g/mol. The maximum absolute atomic E-state index is 12.5. The number of aromatic nitrogens is 2. The van der Waals surface area contributed by atoms with Gasteiger partial charge in [0, 0.05) is 28.4 Å². The molecule has 2 N–H and O–H groups in total. The van der Waals surface area contributed by atoms with Gasteiger partial charge < -0.3 is 10.3 Å². The first-order chi connectivity index (χ1) is 9.98. The van der Waals surface area contributed by atoms with E-state index in [0.29, 0.717) is 11.3 Å². The Morgan fingerprint density at radius 1 is 1.38 bits per heavy atom. The highest BCUT2D eigenvalue weighted by molar-refractivity contribution is 7.09. The molecule has 0 saturated heterocycles. The van der Waals surface area contributed by atoms with E-state index in [1.54, 1.807) is 24.3 Å². The van der Waals surface area contributed by atoms with Crippen molar-refractivity contribution in [2.75, 3.05) is 0 Å². The number of aromatic amines is 1. The van der Waals surface area contributed by atoms with Crippen molar-refractivity contribution in [3.63, 3.8) is 0 Å². The van der Waals surface area contributed by atoms with Crippen LogP contribution in [0.1, 0.15) is 46.0 Å². The molecule has 0 bridgehead atoms. The minimum absolute atomic E-state index is 0.211. The summed E-state index contributed by atoms with van der Waals surface area (Å²) < 4.78 is 0. The molecule has 0 spiro atoms. The van der Waals surface area contributed by atoms with E-state index in [4.69, 9.17) is 0 Å². The minimum Gasteiger partial charge on any atom is -0.340 e. The molecule has 0 atom stereocenters. The number of amides is 1. The van der Waals surface area contributed by atoms with Gasteiger partial charge in [-0.1, -0.05) is 0 Å². The summed E-state index contributed by atoms with van der Waals surface area (Å²) in [6, 6.07) is 3.03. The van der Waals surface area contributed by atoms with Crippen LogP contribution < -0.4 is 10.9 Å². The number of nitrogens with zero attached hydrogens (tertiary/aromatic N) is 1. The van der Waals surface area contributed by atoms with Crippen LogP contribution in [0.3, 0.4) is 0 Å². The van der Waals surface area contributed by atoms with Crippen molar-refractivity contribution in [1.29, 1.82) is 0 Å². The summed E-state index contributed by atoms with van der Waals surface area (Å²) in [5.74, 6) is -0.211. The Balaban J connectivity index is 1.87. The first-order valence-corrected chi connectivity index (χ1v) is 7.83. The Kier molecular flexibility index (Phi) is 3.41. The van der Waals surface area contributed by atoms with Crippen molar-refractivity contribution in [3.05, 3.63) is 49.8 Å². The normalized spacial score (nSPS) is 16.3. The predicted octanol–water partition coefficient (Wildman–Crippen LogP) is 2.26. The van der Waals surface area contributed by atoms with Crippen molar-refractivity contribution in [3.8, 4) is 0 Å². The Morgan fingerprint density at radius 3 is 2.67 bits per heavy atom. The van der Waals surface area contributed by atoms with E-state index in [9.17, 15) is 9.59 Å². The number of pyridine rings is 1. The summed E-state index contributed by atoms with van der Waals surface area (Å²) in [7, 11) is 0. The molecule has 1 aliphatic rings. The molecule has 1 aliphatic carbocycles. The molecular weight excluding hydrogens is 286 g/mol. The lowest BCUT2D eigenvalue weighted by molar-refractivity contribution is 0.0822. The highest BCUT2D eigenvalue weighted by atomic mass is 32.1. The van der Waals surface area contributed by atoms with Crippen molar-refractivity contribution in [2.24, 2.45) is 0 Å². The smallest absolute Gasteiger partial charge is 0.252 e. The maximum atomic E-state index is 12.5. The Hall–Kier alpha value is -1.95. The van der Waals surface area contributed by atoms with E-state index in [1.807, 2.05) is 12.3 Å². The first-order valence-electron chi connectivity index (χ1n) is 6.95. The molecule has 2 aromatic heterocycles. The molecule has 0 aliphatic heterocycles. The first kappa shape index (κ1) is 14.0. The van der Waals surface area contributed by atoms with Gasteiger partial charge in [-0.2, -0.15) is 0 Å². The molecule has 3 rings (SSSR count). The lowest BCUT2D eigenvalue weighted by Gasteiger charge is -2.40. The summed E-state index contributed by atoms with van der Waals surface area (Å²) in [6.45, 7) is 3.72. The average molecular weight is 303 g/mol. The van der Waals surface area contributed by atoms with Crippen molar-refractivity contribution in [2.45, 2.75) is 38.6 Å². The largest absolute Gasteiger partial charge is 0.340 e. The molecule has 2 heterocycles. The summed E-state index contributed by atoms with van der Waals surface area (Å²) in [6.07, 6.45) is 2.87. The van der Waals surface area contributed by atoms with Gasteiger partial charge in [0.2, 0.25) is 5.56 Å². The van der Waals surface area contributed by atoms with E-state index in [0.717, 1.165) is 30.0 Å². The molecule has 1 saturated carbocycles. The Morgan fingerprint density at radius 2 is 2.14 bits per heavy atom.